The Morgan fingerprint density at radius 1 is 1.13 bits per heavy atom. The van der Waals surface area contributed by atoms with Gasteiger partial charge in [-0.2, -0.15) is 0 Å². The van der Waals surface area contributed by atoms with Crippen LogP contribution in [0.2, 0.25) is 0 Å². The molecule has 0 unspecified atom stereocenters. The molecule has 3 heterocycles. The normalized spacial score (nSPS) is 12.7. The van der Waals surface area contributed by atoms with Crippen molar-refractivity contribution in [3.63, 3.8) is 0 Å². The molecule has 0 aliphatic carbocycles. The van der Waals surface area contributed by atoms with Crippen LogP contribution < -0.4 is 20.3 Å². The summed E-state index contributed by atoms with van der Waals surface area (Å²) in [5.74, 6) is 0.807. The van der Waals surface area contributed by atoms with Crippen molar-refractivity contribution in [2.75, 3.05) is 22.6 Å². The highest BCUT2D eigenvalue weighted by Crippen LogP contribution is 2.40. The number of carbonyl (C=O) groups excluding carboxylic acids is 1. The Hall–Kier alpha value is -5.18. The molecule has 0 bridgehead atoms. The third kappa shape index (κ3) is 4.77. The second-order valence-corrected chi connectivity index (χ2v) is 8.63. The van der Waals surface area contributed by atoms with E-state index in [9.17, 15) is 4.79 Å². The van der Waals surface area contributed by atoms with E-state index in [1.807, 2.05) is 61.5 Å². The van der Waals surface area contributed by atoms with Crippen molar-refractivity contribution in [3.05, 3.63) is 91.8 Å². The summed E-state index contributed by atoms with van der Waals surface area (Å²) in [7, 11) is 3.61. The third-order valence-electron chi connectivity index (χ3n) is 6.17. The number of para-hydroxylation sites is 1. The summed E-state index contributed by atoms with van der Waals surface area (Å²) >= 11 is 0. The molecule has 1 aliphatic rings. The molecule has 190 valence electrons. The van der Waals surface area contributed by atoms with Crippen LogP contribution in [0, 0.1) is 0 Å². The van der Waals surface area contributed by atoms with Gasteiger partial charge < -0.3 is 24.8 Å². The number of nitrogens with zero attached hydrogens (tertiary/aromatic N) is 5. The summed E-state index contributed by atoms with van der Waals surface area (Å²) in [6.07, 6.45) is 11.9. The second-order valence-electron chi connectivity index (χ2n) is 8.63. The van der Waals surface area contributed by atoms with Gasteiger partial charge in [0.25, 0.3) is 0 Å². The number of ether oxygens (including phenoxy) is 1. The molecule has 0 saturated carbocycles. The van der Waals surface area contributed by atoms with E-state index in [0.29, 0.717) is 28.6 Å². The van der Waals surface area contributed by atoms with Gasteiger partial charge in [0.05, 0.1) is 29.9 Å². The standard InChI is InChI=1S/C29H27N7O2/c1-5-29(37)34-23-13-24(27(38-4)15-26(23)36-12-8-11-30-16-19(36)2)33-28-14-22(31-18-32-28)21-17-35(3)25-10-7-6-9-20(21)25/h5-18H,1H2,2-4H3,(H,34,37)(H,31,32,33). The van der Waals surface area contributed by atoms with Crippen molar-refractivity contribution in [2.45, 2.75) is 6.92 Å². The fourth-order valence-electron chi connectivity index (χ4n) is 4.35. The van der Waals surface area contributed by atoms with Gasteiger partial charge in [-0.25, -0.2) is 9.97 Å². The van der Waals surface area contributed by atoms with Gasteiger partial charge in [-0.1, -0.05) is 24.8 Å². The minimum Gasteiger partial charge on any atom is -0.494 e. The van der Waals surface area contributed by atoms with E-state index in [2.05, 4.69) is 55.1 Å². The van der Waals surface area contributed by atoms with Crippen LogP contribution in [0.1, 0.15) is 6.92 Å². The van der Waals surface area contributed by atoms with Gasteiger partial charge in [0.2, 0.25) is 5.91 Å². The number of rotatable bonds is 7. The Balaban J connectivity index is 1.56. The molecule has 4 aromatic rings. The van der Waals surface area contributed by atoms with Crippen LogP contribution in [-0.4, -0.2) is 33.8 Å². The molecule has 1 amide bonds. The molecule has 0 spiro atoms. The summed E-state index contributed by atoms with van der Waals surface area (Å²) in [6.45, 7) is 5.52. The zero-order valence-electron chi connectivity index (χ0n) is 21.3. The van der Waals surface area contributed by atoms with Gasteiger partial charge in [0, 0.05) is 66.2 Å². The maximum Gasteiger partial charge on any atom is 0.247 e. The zero-order valence-corrected chi connectivity index (χ0v) is 21.3. The van der Waals surface area contributed by atoms with Crippen LogP contribution in [0.4, 0.5) is 22.9 Å². The molecule has 0 fully saturated rings. The number of anilines is 4. The van der Waals surface area contributed by atoms with Crippen LogP contribution in [0.5, 0.6) is 5.75 Å². The topological polar surface area (TPSA) is 96.7 Å². The molecular formula is C29H27N7O2. The average molecular weight is 506 g/mol. The molecule has 2 aromatic heterocycles. The molecule has 5 rings (SSSR count). The fourth-order valence-corrected chi connectivity index (χ4v) is 4.35. The minimum absolute atomic E-state index is 0.334. The number of fused-ring (bicyclic) bond motifs is 1. The van der Waals surface area contributed by atoms with E-state index in [-0.39, 0.29) is 5.91 Å². The quantitative estimate of drug-likeness (QED) is 0.309. The van der Waals surface area contributed by atoms with Gasteiger partial charge in [-0.15, -0.1) is 0 Å². The number of hydrogen-bond donors (Lipinski definition) is 2. The Morgan fingerprint density at radius 3 is 2.79 bits per heavy atom. The van der Waals surface area contributed by atoms with Crippen LogP contribution in [0.15, 0.2) is 96.8 Å². The van der Waals surface area contributed by atoms with Crippen molar-refractivity contribution in [3.8, 4) is 17.0 Å². The van der Waals surface area contributed by atoms with Gasteiger partial charge in [0.15, 0.2) is 0 Å². The van der Waals surface area contributed by atoms with E-state index in [1.54, 1.807) is 19.5 Å². The van der Waals surface area contributed by atoms with Crippen LogP contribution in [-0.2, 0) is 11.8 Å². The summed E-state index contributed by atoms with van der Waals surface area (Å²) < 4.78 is 7.81. The number of aryl methyl sites for hydroxylation is 1. The van der Waals surface area contributed by atoms with E-state index < -0.39 is 0 Å². The van der Waals surface area contributed by atoms with Crippen molar-refractivity contribution in [1.29, 1.82) is 0 Å². The number of amides is 1. The Kier molecular flexibility index (Phi) is 6.73. The smallest absolute Gasteiger partial charge is 0.247 e. The molecule has 2 aromatic carbocycles. The molecule has 0 saturated heterocycles. The third-order valence-corrected chi connectivity index (χ3v) is 6.17. The molecule has 2 N–H and O–H groups in total. The molecule has 0 radical (unpaired) electrons. The van der Waals surface area contributed by atoms with Crippen molar-refractivity contribution in [1.82, 2.24) is 14.5 Å². The summed E-state index contributed by atoms with van der Waals surface area (Å²) in [5.41, 5.74) is 5.65. The largest absolute Gasteiger partial charge is 0.494 e. The number of methoxy groups -OCH3 is 1. The number of hydrogen-bond acceptors (Lipinski definition) is 7. The highest BCUT2D eigenvalue weighted by atomic mass is 16.5. The lowest BCUT2D eigenvalue weighted by Crippen LogP contribution is -2.17. The van der Waals surface area contributed by atoms with Gasteiger partial charge in [0.1, 0.15) is 17.9 Å². The highest BCUT2D eigenvalue weighted by molar-refractivity contribution is 6.03. The second kappa shape index (κ2) is 10.4. The first kappa shape index (κ1) is 24.5. The lowest BCUT2D eigenvalue weighted by Gasteiger charge is -2.25. The SMILES string of the molecule is C=CC(=O)Nc1cc(Nc2cc(-c3cn(C)c4ccccc34)ncn2)c(OC)cc1N1C=CC=NC=C1C. The van der Waals surface area contributed by atoms with E-state index in [4.69, 9.17) is 4.74 Å². The monoisotopic (exact) mass is 505 g/mol. The fraction of sp³-hybridized carbons (Fsp3) is 0.103. The molecule has 9 heteroatoms. The van der Waals surface area contributed by atoms with Gasteiger partial charge in [-0.3, -0.25) is 9.79 Å². The number of aliphatic imine (C=N–C) groups is 1. The molecule has 38 heavy (non-hydrogen) atoms. The van der Waals surface area contributed by atoms with Crippen LogP contribution in [0.3, 0.4) is 0 Å². The first-order chi connectivity index (χ1) is 18.5. The Labute approximate surface area is 220 Å². The first-order valence-corrected chi connectivity index (χ1v) is 11.9. The van der Waals surface area contributed by atoms with Gasteiger partial charge >= 0.3 is 0 Å². The zero-order chi connectivity index (χ0) is 26.6. The van der Waals surface area contributed by atoms with Gasteiger partial charge in [-0.05, 0) is 31.2 Å². The predicted octanol–water partition coefficient (Wildman–Crippen LogP) is 5.78. The minimum atomic E-state index is -0.334. The maximum absolute atomic E-state index is 12.3. The number of carbonyl (C=O) groups is 1. The number of nitrogens with one attached hydrogen (secondary N) is 2. The van der Waals surface area contributed by atoms with Crippen molar-refractivity contribution >= 4 is 45.9 Å². The maximum atomic E-state index is 12.3. The summed E-state index contributed by atoms with van der Waals surface area (Å²) in [4.78, 5) is 27.4. The highest BCUT2D eigenvalue weighted by Gasteiger charge is 2.19. The lowest BCUT2D eigenvalue weighted by atomic mass is 10.1. The summed E-state index contributed by atoms with van der Waals surface area (Å²) in [6, 6.07) is 13.7. The number of allylic oxidation sites excluding steroid dienone is 2. The molecular weight excluding hydrogens is 478 g/mol. The average Bonchev–Trinajstić information content (AvgIpc) is 3.12. The predicted molar refractivity (Wildman–Crippen MR) is 153 cm³/mol. The number of benzene rings is 2. The Bertz CT molecular complexity index is 1630. The Morgan fingerprint density at radius 2 is 1.97 bits per heavy atom. The van der Waals surface area contributed by atoms with Crippen LogP contribution in [0.25, 0.3) is 22.2 Å². The number of aromatic nitrogens is 3. The van der Waals surface area contributed by atoms with Crippen molar-refractivity contribution in [2.24, 2.45) is 12.0 Å². The first-order valence-electron chi connectivity index (χ1n) is 11.9. The molecule has 1 aliphatic heterocycles. The molecule has 0 atom stereocenters. The lowest BCUT2D eigenvalue weighted by molar-refractivity contribution is -0.111. The van der Waals surface area contributed by atoms with E-state index >= 15 is 0 Å². The molecule has 9 nitrogen and oxygen atoms in total. The summed E-state index contributed by atoms with van der Waals surface area (Å²) in [5, 5.41) is 7.35. The van der Waals surface area contributed by atoms with Crippen LogP contribution >= 0.6 is 0 Å². The van der Waals surface area contributed by atoms with E-state index in [0.717, 1.165) is 27.9 Å². The van der Waals surface area contributed by atoms with Crippen molar-refractivity contribution < 1.29 is 9.53 Å². The van der Waals surface area contributed by atoms with E-state index in [1.165, 1.54) is 12.4 Å².